The Labute approximate surface area is 177 Å². The van der Waals surface area contributed by atoms with Crippen LogP contribution >= 0.6 is 11.8 Å². The molecule has 0 atom stereocenters. The van der Waals surface area contributed by atoms with Gasteiger partial charge >= 0.3 is 0 Å². The van der Waals surface area contributed by atoms with Crippen molar-refractivity contribution in [1.29, 1.82) is 0 Å². The van der Waals surface area contributed by atoms with Crippen LogP contribution in [0.4, 0.5) is 10.1 Å². The Balaban J connectivity index is 1.63. The molecule has 156 valence electrons. The predicted molar refractivity (Wildman–Crippen MR) is 113 cm³/mol. The van der Waals surface area contributed by atoms with E-state index in [0.29, 0.717) is 34.7 Å². The lowest BCUT2D eigenvalue weighted by Crippen LogP contribution is -2.15. The number of carbonyl (C=O) groups excluding carboxylic acids is 1. The normalized spacial score (nSPS) is 10.5. The number of anilines is 1. The van der Waals surface area contributed by atoms with Crippen LogP contribution in [0.3, 0.4) is 0 Å². The first kappa shape index (κ1) is 21.4. The minimum atomic E-state index is -0.411. The van der Waals surface area contributed by atoms with Gasteiger partial charge in [0.25, 0.3) is 0 Å². The number of carbonyl (C=O) groups is 1. The average Bonchev–Trinajstić information content (AvgIpc) is 3.13. The van der Waals surface area contributed by atoms with Gasteiger partial charge in [-0.2, -0.15) is 0 Å². The van der Waals surface area contributed by atoms with Crippen LogP contribution in [0.2, 0.25) is 0 Å². The first-order valence-corrected chi connectivity index (χ1v) is 10.1. The van der Waals surface area contributed by atoms with E-state index in [1.54, 1.807) is 25.3 Å². The standard InChI is InChI=1S/C21H21FN4O3S/c1-3-11-26-19(13-29-18-10-5-4-9-17(18)28-2)24-25-21(26)30-14-20(27)23-16-8-6-7-15(22)12-16/h3-10,12H,1,11,13-14H2,2H3,(H,23,27). The van der Waals surface area contributed by atoms with Crippen molar-refractivity contribution < 1.29 is 18.7 Å². The number of para-hydroxylation sites is 2. The zero-order chi connectivity index (χ0) is 21.3. The van der Waals surface area contributed by atoms with Crippen molar-refractivity contribution in [2.24, 2.45) is 0 Å². The Hall–Kier alpha value is -3.33. The van der Waals surface area contributed by atoms with Crippen LogP contribution in [-0.2, 0) is 17.9 Å². The fourth-order valence-electron chi connectivity index (χ4n) is 2.62. The predicted octanol–water partition coefficient (Wildman–Crippen LogP) is 3.92. The number of amides is 1. The van der Waals surface area contributed by atoms with E-state index >= 15 is 0 Å². The van der Waals surface area contributed by atoms with E-state index in [1.165, 1.54) is 30.0 Å². The number of aromatic nitrogens is 3. The van der Waals surface area contributed by atoms with Gasteiger partial charge in [-0.3, -0.25) is 9.36 Å². The second kappa shape index (κ2) is 10.4. The highest BCUT2D eigenvalue weighted by atomic mass is 32.2. The first-order chi connectivity index (χ1) is 14.6. The molecule has 0 unspecified atom stereocenters. The maximum absolute atomic E-state index is 13.2. The van der Waals surface area contributed by atoms with Crippen LogP contribution < -0.4 is 14.8 Å². The summed E-state index contributed by atoms with van der Waals surface area (Å²) in [5.41, 5.74) is 0.402. The van der Waals surface area contributed by atoms with Gasteiger partial charge in [-0.15, -0.1) is 16.8 Å². The summed E-state index contributed by atoms with van der Waals surface area (Å²) in [5, 5.41) is 11.5. The number of benzene rings is 2. The van der Waals surface area contributed by atoms with Gasteiger partial charge in [-0.1, -0.05) is 36.0 Å². The second-order valence-corrected chi connectivity index (χ2v) is 7.03. The zero-order valence-corrected chi connectivity index (χ0v) is 17.2. The summed E-state index contributed by atoms with van der Waals surface area (Å²) in [5.74, 6) is 1.22. The summed E-state index contributed by atoms with van der Waals surface area (Å²) in [6.07, 6.45) is 1.72. The van der Waals surface area contributed by atoms with Crippen LogP contribution in [-0.4, -0.2) is 33.5 Å². The van der Waals surface area contributed by atoms with E-state index in [-0.39, 0.29) is 18.3 Å². The number of rotatable bonds is 10. The molecule has 1 aromatic heterocycles. The molecule has 2 aromatic carbocycles. The van der Waals surface area contributed by atoms with Crippen LogP contribution in [0.25, 0.3) is 0 Å². The molecule has 1 N–H and O–H groups in total. The van der Waals surface area contributed by atoms with Gasteiger partial charge in [-0.25, -0.2) is 4.39 Å². The van der Waals surface area contributed by atoms with E-state index in [2.05, 4.69) is 22.1 Å². The summed E-state index contributed by atoms with van der Waals surface area (Å²) < 4.78 is 26.2. The van der Waals surface area contributed by atoms with E-state index in [1.807, 2.05) is 22.8 Å². The van der Waals surface area contributed by atoms with Crippen molar-refractivity contribution in [3.05, 3.63) is 72.8 Å². The summed E-state index contributed by atoms with van der Waals surface area (Å²) >= 11 is 1.22. The monoisotopic (exact) mass is 428 g/mol. The van der Waals surface area contributed by atoms with Gasteiger partial charge < -0.3 is 14.8 Å². The Morgan fingerprint density at radius 1 is 1.23 bits per heavy atom. The highest BCUT2D eigenvalue weighted by Crippen LogP contribution is 2.27. The molecule has 1 amide bonds. The van der Waals surface area contributed by atoms with Crippen molar-refractivity contribution >= 4 is 23.4 Å². The molecule has 0 saturated heterocycles. The second-order valence-electron chi connectivity index (χ2n) is 6.08. The third kappa shape index (κ3) is 5.60. The molecule has 0 fully saturated rings. The third-order valence-corrected chi connectivity index (χ3v) is 4.94. The number of methoxy groups -OCH3 is 1. The highest BCUT2D eigenvalue weighted by molar-refractivity contribution is 7.99. The average molecular weight is 428 g/mol. The Bertz CT molecular complexity index is 1020. The van der Waals surface area contributed by atoms with E-state index in [9.17, 15) is 9.18 Å². The van der Waals surface area contributed by atoms with Crippen LogP contribution in [0.1, 0.15) is 5.82 Å². The third-order valence-electron chi connectivity index (χ3n) is 3.97. The number of hydrogen-bond donors (Lipinski definition) is 1. The molecule has 0 saturated carbocycles. The van der Waals surface area contributed by atoms with Gasteiger partial charge in [0, 0.05) is 12.2 Å². The van der Waals surface area contributed by atoms with Crippen molar-refractivity contribution in [1.82, 2.24) is 14.8 Å². The molecule has 1 heterocycles. The molecule has 7 nitrogen and oxygen atoms in total. The highest BCUT2D eigenvalue weighted by Gasteiger charge is 2.15. The molecular weight excluding hydrogens is 407 g/mol. The SMILES string of the molecule is C=CCn1c(COc2ccccc2OC)nnc1SCC(=O)Nc1cccc(F)c1. The van der Waals surface area contributed by atoms with E-state index in [4.69, 9.17) is 9.47 Å². The van der Waals surface area contributed by atoms with Gasteiger partial charge in [-0.05, 0) is 30.3 Å². The van der Waals surface area contributed by atoms with E-state index in [0.717, 1.165) is 0 Å². The fourth-order valence-corrected chi connectivity index (χ4v) is 3.39. The van der Waals surface area contributed by atoms with Crippen LogP contribution in [0, 0.1) is 5.82 Å². The number of allylic oxidation sites excluding steroid dienone is 1. The number of halogens is 1. The Kier molecular flexibility index (Phi) is 7.45. The molecular formula is C21H21FN4O3S. The summed E-state index contributed by atoms with van der Waals surface area (Å²) in [6, 6.07) is 13.1. The molecule has 0 aliphatic heterocycles. The van der Waals surface area contributed by atoms with Crippen molar-refractivity contribution in [2.45, 2.75) is 18.3 Å². The summed E-state index contributed by atoms with van der Waals surface area (Å²) in [6.45, 7) is 4.40. The summed E-state index contributed by atoms with van der Waals surface area (Å²) in [7, 11) is 1.58. The number of nitrogens with one attached hydrogen (secondary N) is 1. The minimum absolute atomic E-state index is 0.0964. The molecule has 3 rings (SSSR count). The van der Waals surface area contributed by atoms with Gasteiger partial charge in [0.15, 0.2) is 22.5 Å². The molecule has 0 aliphatic carbocycles. The lowest BCUT2D eigenvalue weighted by molar-refractivity contribution is -0.113. The van der Waals surface area contributed by atoms with Gasteiger partial charge in [0.05, 0.1) is 12.9 Å². The molecule has 30 heavy (non-hydrogen) atoms. The molecule has 0 bridgehead atoms. The van der Waals surface area contributed by atoms with Crippen molar-refractivity contribution in [2.75, 3.05) is 18.2 Å². The van der Waals surface area contributed by atoms with Crippen molar-refractivity contribution in [3.63, 3.8) is 0 Å². The molecule has 0 radical (unpaired) electrons. The lowest BCUT2D eigenvalue weighted by atomic mass is 10.3. The molecule has 9 heteroatoms. The maximum Gasteiger partial charge on any atom is 0.234 e. The molecule has 0 aliphatic rings. The fraction of sp³-hybridized carbons (Fsp3) is 0.190. The zero-order valence-electron chi connectivity index (χ0n) is 16.4. The molecule has 0 spiro atoms. The lowest BCUT2D eigenvalue weighted by Gasteiger charge is -2.11. The van der Waals surface area contributed by atoms with Gasteiger partial charge in [0.1, 0.15) is 12.4 Å². The largest absolute Gasteiger partial charge is 0.493 e. The van der Waals surface area contributed by atoms with Crippen LogP contribution in [0.15, 0.2) is 66.3 Å². The topological polar surface area (TPSA) is 78.3 Å². The quantitative estimate of drug-likeness (QED) is 0.390. The Morgan fingerprint density at radius 3 is 2.77 bits per heavy atom. The number of ether oxygens (including phenoxy) is 2. The van der Waals surface area contributed by atoms with Crippen molar-refractivity contribution in [3.8, 4) is 11.5 Å². The minimum Gasteiger partial charge on any atom is -0.493 e. The van der Waals surface area contributed by atoms with Crippen LogP contribution in [0.5, 0.6) is 11.5 Å². The molecule has 3 aromatic rings. The number of hydrogen-bond acceptors (Lipinski definition) is 6. The maximum atomic E-state index is 13.2. The smallest absolute Gasteiger partial charge is 0.234 e. The van der Waals surface area contributed by atoms with E-state index < -0.39 is 5.82 Å². The number of thioether (sulfide) groups is 1. The first-order valence-electron chi connectivity index (χ1n) is 9.07. The number of nitrogens with zero attached hydrogens (tertiary/aromatic N) is 3. The Morgan fingerprint density at radius 2 is 2.03 bits per heavy atom. The summed E-state index contributed by atoms with van der Waals surface area (Å²) in [4.78, 5) is 12.2. The van der Waals surface area contributed by atoms with Gasteiger partial charge in [0.2, 0.25) is 5.91 Å².